The molecule has 1 aromatic carbocycles. The maximum Gasteiger partial charge on any atom is 1.00 e. The van der Waals surface area contributed by atoms with Crippen LogP contribution in [0.4, 0.5) is 4.79 Å². The first-order valence-electron chi connectivity index (χ1n) is 7.48. The first-order valence-corrected chi connectivity index (χ1v) is 8.87. The smallest absolute Gasteiger partial charge is 1.00 e. The first-order chi connectivity index (χ1) is 12.2. The number of nitrogens with zero attached hydrogens (tertiary/aromatic N) is 2. The van der Waals surface area contributed by atoms with Crippen LogP contribution in [0.2, 0.25) is 0 Å². The fourth-order valence-corrected chi connectivity index (χ4v) is 3.92. The quantitative estimate of drug-likeness (QED) is 0.229. The number of hydrogen-bond donors (Lipinski definition) is 2. The van der Waals surface area contributed by atoms with E-state index in [1.54, 1.807) is 30.3 Å². The van der Waals surface area contributed by atoms with E-state index in [0.717, 1.165) is 16.5 Å². The molecule has 0 aliphatic carbocycles. The van der Waals surface area contributed by atoms with Gasteiger partial charge in [0.25, 0.3) is 5.91 Å². The summed E-state index contributed by atoms with van der Waals surface area (Å²) in [5.74, 6) is -1.85. The fraction of sp³-hybridized carbons (Fsp3) is 0.267. The molecule has 2 fully saturated rings. The number of benzene rings is 1. The Morgan fingerprint density at radius 3 is 2.48 bits per heavy atom. The summed E-state index contributed by atoms with van der Waals surface area (Å²) in [6.07, 6.45) is 0.0901. The summed E-state index contributed by atoms with van der Waals surface area (Å²) in [5, 5.41) is 0. The molecule has 3 N–H and O–H groups in total. The van der Waals surface area contributed by atoms with Crippen LogP contribution >= 0.6 is 0 Å². The molecule has 0 aromatic heterocycles. The summed E-state index contributed by atoms with van der Waals surface area (Å²) < 4.78 is 37.3. The maximum absolute atomic E-state index is 12.3. The van der Waals surface area contributed by atoms with Crippen molar-refractivity contribution >= 4 is 28.2 Å². The number of carbonyl (C=O) groups is 3. The molecule has 2 atom stereocenters. The number of amides is 3. The van der Waals surface area contributed by atoms with Crippen molar-refractivity contribution in [2.45, 2.75) is 18.7 Å². The van der Waals surface area contributed by atoms with E-state index < -0.39 is 40.3 Å². The average molecular weight is 405 g/mol. The van der Waals surface area contributed by atoms with Crippen molar-refractivity contribution in [2.75, 3.05) is 6.54 Å². The van der Waals surface area contributed by atoms with Crippen LogP contribution in [0.3, 0.4) is 0 Å². The molecule has 0 saturated carbocycles. The van der Waals surface area contributed by atoms with Gasteiger partial charge >= 0.3 is 46.0 Å². The summed E-state index contributed by atoms with van der Waals surface area (Å²) in [6.45, 7) is -0.262. The van der Waals surface area contributed by atoms with Gasteiger partial charge in [0.1, 0.15) is 18.7 Å². The van der Waals surface area contributed by atoms with Gasteiger partial charge in [-0.25, -0.2) is 9.10 Å². The van der Waals surface area contributed by atoms with Gasteiger partial charge in [0.15, 0.2) is 0 Å². The molecule has 27 heavy (non-hydrogen) atoms. The predicted molar refractivity (Wildman–Crippen MR) is 87.7 cm³/mol. The summed E-state index contributed by atoms with van der Waals surface area (Å²) in [6, 6.07) is 6.47. The van der Waals surface area contributed by atoms with Crippen LogP contribution in [0.25, 0.3) is 0 Å². The molecule has 1 aromatic rings. The van der Waals surface area contributed by atoms with Gasteiger partial charge in [0.2, 0.25) is 5.91 Å². The Bertz CT molecular complexity index is 909. The topological polar surface area (TPSA) is 147 Å². The number of nitrogens with two attached hydrogens (primary N) is 1. The third-order valence-corrected chi connectivity index (χ3v) is 5.01. The van der Waals surface area contributed by atoms with Crippen molar-refractivity contribution < 1.29 is 63.1 Å². The van der Waals surface area contributed by atoms with Crippen LogP contribution in [0.5, 0.6) is 0 Å². The molecule has 0 bridgehead atoms. The van der Waals surface area contributed by atoms with Crippen LogP contribution in [0.1, 0.15) is 6.99 Å². The number of fused-ring (bicyclic) bond motifs is 1. The minimum Gasteiger partial charge on any atom is -1.00 e. The second-order valence-corrected chi connectivity index (χ2v) is 7.08. The van der Waals surface area contributed by atoms with Crippen LogP contribution in [0.15, 0.2) is 42.0 Å². The molecule has 0 unspecified atom stereocenters. The monoisotopic (exact) mass is 405 g/mol. The number of β-lactam (4-membered cyclic amide) rings is 1. The van der Waals surface area contributed by atoms with E-state index in [1.165, 1.54) is 0 Å². The molecular weight excluding hydrogens is 389 g/mol. The van der Waals surface area contributed by atoms with E-state index in [1.807, 2.05) is 0 Å². The third kappa shape index (κ3) is 4.17. The molecule has 2 saturated heterocycles. The van der Waals surface area contributed by atoms with Gasteiger partial charge in [0.05, 0.1) is 0 Å². The summed E-state index contributed by atoms with van der Waals surface area (Å²) in [7, 11) is -4.83. The van der Waals surface area contributed by atoms with Gasteiger partial charge < -0.3 is 11.9 Å². The molecule has 0 spiro atoms. The Morgan fingerprint density at radius 1 is 1.30 bits per heavy atom. The standard InChI is InChI=1S/C15H15N3O7S.Na.H/c16-11(19)6-10-7-17(13-12(10)18(14(13)20)26(22,23)24)15(21)25-8-9-4-2-1-3-5-9;;/h1-6,12-13H,7-8H2,(H2,16,19)(H,22,23,24);;/q;+1;-1/b10-6+;;/t12-,13+;;/m1../s1. The second-order valence-electron chi connectivity index (χ2n) is 5.79. The van der Waals surface area contributed by atoms with E-state index >= 15 is 0 Å². The van der Waals surface area contributed by atoms with Crippen molar-refractivity contribution in [1.82, 2.24) is 9.21 Å². The Kier molecular flexibility index (Phi) is 6.32. The zero-order valence-corrected chi connectivity index (χ0v) is 17.1. The minimum absolute atomic E-state index is 0. The number of ether oxygens (including phenoxy) is 1. The molecule has 3 rings (SSSR count). The zero-order chi connectivity index (χ0) is 19.1. The Hall–Kier alpha value is -1.92. The number of hydrogen-bond acceptors (Lipinski definition) is 6. The van der Waals surface area contributed by atoms with Gasteiger partial charge in [-0.2, -0.15) is 8.42 Å². The van der Waals surface area contributed by atoms with Crippen LogP contribution in [0, 0.1) is 0 Å². The van der Waals surface area contributed by atoms with Crippen LogP contribution < -0.4 is 35.3 Å². The van der Waals surface area contributed by atoms with Crippen molar-refractivity contribution in [3.8, 4) is 0 Å². The molecule has 3 amide bonds. The van der Waals surface area contributed by atoms with Crippen molar-refractivity contribution in [1.29, 1.82) is 0 Å². The summed E-state index contributed by atoms with van der Waals surface area (Å²) >= 11 is 0. The SMILES string of the molecule is NC(=O)/C=C1\CN(C(=O)OCc2ccccc2)[C@@H]2C(=O)N(S(=O)(=O)O)[C@H]12.[H-].[Na+]. The van der Waals surface area contributed by atoms with Gasteiger partial charge in [-0.05, 0) is 11.1 Å². The Morgan fingerprint density at radius 2 is 1.93 bits per heavy atom. The summed E-state index contributed by atoms with van der Waals surface area (Å²) in [4.78, 5) is 36.6. The predicted octanol–water partition coefficient (Wildman–Crippen LogP) is -3.45. The molecule has 140 valence electrons. The fourth-order valence-electron chi connectivity index (χ4n) is 3.05. The van der Waals surface area contributed by atoms with Crippen molar-refractivity contribution in [3.63, 3.8) is 0 Å². The number of primary amides is 1. The van der Waals surface area contributed by atoms with E-state index in [2.05, 4.69) is 0 Å². The van der Waals surface area contributed by atoms with Gasteiger partial charge in [-0.3, -0.25) is 19.0 Å². The van der Waals surface area contributed by atoms with Gasteiger partial charge in [0, 0.05) is 12.6 Å². The first kappa shape index (κ1) is 21.4. The zero-order valence-electron chi connectivity index (χ0n) is 15.3. The normalized spacial score (nSPS) is 22.7. The molecule has 2 heterocycles. The van der Waals surface area contributed by atoms with E-state index in [0.29, 0.717) is 0 Å². The molecular formula is C15H16N3NaO7S. The van der Waals surface area contributed by atoms with E-state index in [-0.39, 0.29) is 54.0 Å². The van der Waals surface area contributed by atoms with Crippen LogP contribution in [-0.4, -0.2) is 58.7 Å². The van der Waals surface area contributed by atoms with Gasteiger partial charge in [-0.1, -0.05) is 30.3 Å². The Labute approximate surface area is 178 Å². The average Bonchev–Trinajstić information content (AvgIpc) is 2.85. The molecule has 2 aliphatic rings. The van der Waals surface area contributed by atoms with Gasteiger partial charge in [-0.15, -0.1) is 0 Å². The second kappa shape index (κ2) is 7.98. The Balaban J connectivity index is 0.00000196. The summed E-state index contributed by atoms with van der Waals surface area (Å²) in [5.41, 5.74) is 5.93. The van der Waals surface area contributed by atoms with E-state index in [9.17, 15) is 27.4 Å². The van der Waals surface area contributed by atoms with Crippen molar-refractivity contribution in [3.05, 3.63) is 47.5 Å². The molecule has 12 heteroatoms. The van der Waals surface area contributed by atoms with E-state index in [4.69, 9.17) is 10.5 Å². The maximum atomic E-state index is 12.3. The minimum atomic E-state index is -4.83. The molecule has 0 radical (unpaired) electrons. The van der Waals surface area contributed by atoms with Crippen molar-refractivity contribution in [2.24, 2.45) is 5.73 Å². The number of rotatable bonds is 4. The van der Waals surface area contributed by atoms with Crippen LogP contribution in [-0.2, 0) is 31.2 Å². The third-order valence-electron chi connectivity index (χ3n) is 4.11. The number of carbonyl (C=O) groups excluding carboxylic acids is 3. The largest absolute Gasteiger partial charge is 1.00 e. The number of likely N-dealkylation sites (tertiary alicyclic amines) is 1. The molecule has 10 nitrogen and oxygen atoms in total. The molecule has 2 aliphatic heterocycles.